The van der Waals surface area contributed by atoms with E-state index in [0.717, 1.165) is 21.3 Å². The van der Waals surface area contributed by atoms with Gasteiger partial charge < -0.3 is 23.9 Å². The number of oxime groups is 1. The number of hydrogen-bond donors (Lipinski definition) is 2. The average Bonchev–Trinajstić information content (AvgIpc) is 3.73. The minimum Gasteiger partial charge on any atom is -0.481 e. The zero-order valence-corrected chi connectivity index (χ0v) is 33.7. The van der Waals surface area contributed by atoms with E-state index in [1.807, 2.05) is 25.5 Å². The summed E-state index contributed by atoms with van der Waals surface area (Å²) in [6.45, 7) is 12.0. The maximum Gasteiger partial charge on any atom is 0.346 e. The van der Waals surface area contributed by atoms with Crippen molar-refractivity contribution >= 4 is 55.4 Å². The lowest BCUT2D eigenvalue weighted by Crippen LogP contribution is -2.37. The first-order valence-corrected chi connectivity index (χ1v) is 19.6. The van der Waals surface area contributed by atoms with E-state index in [2.05, 4.69) is 35.6 Å². The van der Waals surface area contributed by atoms with Crippen LogP contribution in [0.5, 0.6) is 11.8 Å². The third-order valence-electron chi connectivity index (χ3n) is 7.55. The Bertz CT molecular complexity index is 2280. The van der Waals surface area contributed by atoms with Crippen molar-refractivity contribution in [3.05, 3.63) is 51.9 Å². The maximum absolute atomic E-state index is 12.9. The Kier molecular flexibility index (Phi) is 13.3. The van der Waals surface area contributed by atoms with Crippen LogP contribution in [0.4, 0.5) is 15.5 Å². The number of amides is 3. The number of halogens is 1. The van der Waals surface area contributed by atoms with Gasteiger partial charge in [-0.15, -0.1) is 5.10 Å². The summed E-state index contributed by atoms with van der Waals surface area (Å²) in [5.74, 6) is -0.257. The molecule has 1 aliphatic rings. The first-order valence-electron chi connectivity index (χ1n) is 16.3. The van der Waals surface area contributed by atoms with Crippen molar-refractivity contribution in [1.29, 1.82) is 0 Å². The van der Waals surface area contributed by atoms with Crippen molar-refractivity contribution in [1.82, 2.24) is 44.1 Å². The van der Waals surface area contributed by atoms with Crippen LogP contribution in [0, 0.1) is 20.8 Å². The standard InChI is InChI=1S/C16H22N4O3S.C15H18ClN7O7S/c1-6-19(7-2)16(21)20-10-17-15(18-20)24(22,23)14-12(4)8-11(3)9-13(14)5;1-7-6-29-21-12(30-7)10-11(16)20-23(2)13(10)31(25,26)22-15(24)19-14-17-8(27-3)5-9(18-14)28-4/h8-10H,6-7H2,1-5H3;5,7H,6H2,1-4H3,(H2,17,18,19,22,24). The summed E-state index contributed by atoms with van der Waals surface area (Å²) in [4.78, 5) is 43.0. The van der Waals surface area contributed by atoms with Gasteiger partial charge in [-0.3, -0.25) is 10.00 Å². The number of anilines is 1. The lowest BCUT2D eigenvalue weighted by atomic mass is 10.1. The molecule has 4 aromatic rings. The zero-order chi connectivity index (χ0) is 40.8. The first-order chi connectivity index (χ1) is 25.9. The minimum absolute atomic E-state index is 0.0901. The fraction of sp³-hybridized carbons (Fsp3) is 0.419. The second-order valence-corrected chi connectivity index (χ2v) is 15.4. The summed E-state index contributed by atoms with van der Waals surface area (Å²) in [6.07, 6.45) is 0.739. The van der Waals surface area contributed by atoms with Gasteiger partial charge in [0.15, 0.2) is 16.8 Å². The van der Waals surface area contributed by atoms with Gasteiger partial charge >= 0.3 is 12.1 Å². The predicted molar refractivity (Wildman–Crippen MR) is 196 cm³/mol. The Morgan fingerprint density at radius 2 is 1.60 bits per heavy atom. The molecule has 5 rings (SSSR count). The van der Waals surface area contributed by atoms with E-state index in [1.54, 1.807) is 32.9 Å². The molecular formula is C31H40ClN11O10S2. The molecule has 3 amide bonds. The van der Waals surface area contributed by atoms with Crippen LogP contribution in [0.3, 0.4) is 0 Å². The number of sulfone groups is 1. The van der Waals surface area contributed by atoms with Crippen LogP contribution in [0.2, 0.25) is 5.15 Å². The first kappa shape index (κ1) is 42.2. The van der Waals surface area contributed by atoms with Crippen molar-refractivity contribution in [2.45, 2.75) is 62.7 Å². The van der Waals surface area contributed by atoms with E-state index in [9.17, 15) is 26.4 Å². The highest BCUT2D eigenvalue weighted by Crippen LogP contribution is 2.28. The highest BCUT2D eigenvalue weighted by molar-refractivity contribution is 7.91. The molecular weight excluding hydrogens is 786 g/mol. The van der Waals surface area contributed by atoms with Gasteiger partial charge in [0, 0.05) is 20.1 Å². The lowest BCUT2D eigenvalue weighted by molar-refractivity contribution is 0.0194. The average molecular weight is 826 g/mol. The summed E-state index contributed by atoms with van der Waals surface area (Å²) in [7, 11) is -4.35. The Morgan fingerprint density at radius 1 is 1.00 bits per heavy atom. The number of ether oxygens (including phenoxy) is 3. The third-order valence-corrected chi connectivity index (χ3v) is 11.1. The number of urea groups is 1. The number of methoxy groups -OCH3 is 2. The molecule has 3 aromatic heterocycles. The molecule has 0 saturated heterocycles. The monoisotopic (exact) mass is 825 g/mol. The van der Waals surface area contributed by atoms with Crippen molar-refractivity contribution in [2.24, 2.45) is 12.2 Å². The van der Waals surface area contributed by atoms with E-state index < -0.39 is 43.1 Å². The molecule has 1 unspecified atom stereocenters. The number of hydrogen-bond acceptors (Lipinski definition) is 16. The number of carbonyl (C=O) groups is 2. The highest BCUT2D eigenvalue weighted by Gasteiger charge is 2.34. The minimum atomic E-state index is -4.50. The number of sulfonamides is 1. The van der Waals surface area contributed by atoms with Gasteiger partial charge in [0.2, 0.25) is 27.5 Å². The van der Waals surface area contributed by atoms with Gasteiger partial charge in [0.1, 0.15) is 18.0 Å². The number of benzene rings is 1. The fourth-order valence-corrected chi connectivity index (χ4v) is 8.37. The Labute approximate surface area is 321 Å². The van der Waals surface area contributed by atoms with Crippen LogP contribution >= 0.6 is 11.6 Å². The van der Waals surface area contributed by atoms with Crippen LogP contribution in [-0.4, -0.2) is 114 Å². The summed E-state index contributed by atoms with van der Waals surface area (Å²) in [5.41, 5.74) is 2.10. The molecule has 0 aliphatic carbocycles. The van der Waals surface area contributed by atoms with E-state index in [1.165, 1.54) is 32.2 Å². The van der Waals surface area contributed by atoms with Gasteiger partial charge in [-0.05, 0) is 57.8 Å². The highest BCUT2D eigenvalue weighted by atomic mass is 35.5. The number of nitrogens with zero attached hydrogens (tertiary/aromatic N) is 9. The van der Waals surface area contributed by atoms with Crippen molar-refractivity contribution in [2.75, 3.05) is 39.2 Å². The number of aryl methyl sites for hydroxylation is 4. The van der Waals surface area contributed by atoms with Gasteiger partial charge in [0.25, 0.3) is 21.1 Å². The second kappa shape index (κ2) is 17.3. The molecule has 1 aromatic carbocycles. The molecule has 21 nitrogen and oxygen atoms in total. The topological polar surface area (TPSA) is 253 Å². The predicted octanol–water partition coefficient (Wildman–Crippen LogP) is 2.83. The molecule has 4 heterocycles. The van der Waals surface area contributed by atoms with Crippen LogP contribution in [0.1, 0.15) is 43.0 Å². The van der Waals surface area contributed by atoms with Gasteiger partial charge in [-0.1, -0.05) is 29.3 Å². The van der Waals surface area contributed by atoms with E-state index >= 15 is 0 Å². The Balaban J connectivity index is 0.000000253. The van der Waals surface area contributed by atoms with E-state index in [-0.39, 0.29) is 51.0 Å². The van der Waals surface area contributed by atoms with Gasteiger partial charge in [-0.2, -0.15) is 28.2 Å². The van der Waals surface area contributed by atoms with Gasteiger partial charge in [-0.25, -0.2) is 27.7 Å². The summed E-state index contributed by atoms with van der Waals surface area (Å²) in [6, 6.07) is 3.43. The van der Waals surface area contributed by atoms with Crippen LogP contribution in [-0.2, 0) is 36.5 Å². The molecule has 1 atom stereocenters. The second-order valence-electron chi connectivity index (χ2n) is 11.7. The van der Waals surface area contributed by atoms with Gasteiger partial charge in [0.05, 0.1) is 25.2 Å². The SMILES string of the molecule is CCN(CC)C(=O)n1cnc(S(=O)(=O)c2c(C)cc(C)cc2C)n1.COc1cc(OC)nc(NC(=O)NS(=O)(=O)c2c(C3=NOCC(C)O3)c(Cl)nn2C)n1. The number of rotatable bonds is 10. The summed E-state index contributed by atoms with van der Waals surface area (Å²) < 4.78 is 70.8. The fourth-order valence-electron chi connectivity index (χ4n) is 5.27. The molecule has 0 saturated carbocycles. The Hall–Kier alpha value is -5.55. The van der Waals surface area contributed by atoms with E-state index in [0.29, 0.717) is 24.2 Å². The van der Waals surface area contributed by atoms with E-state index in [4.69, 9.17) is 30.6 Å². The number of carbonyl (C=O) groups excluding carboxylic acids is 2. The zero-order valence-electron chi connectivity index (χ0n) is 31.3. The van der Waals surface area contributed by atoms with Crippen LogP contribution in [0.25, 0.3) is 0 Å². The molecule has 0 radical (unpaired) electrons. The van der Waals surface area contributed by atoms with Crippen molar-refractivity contribution in [3.8, 4) is 11.8 Å². The van der Waals surface area contributed by atoms with Crippen LogP contribution in [0.15, 0.2) is 44.8 Å². The normalized spacial score (nSPS) is 14.0. The third kappa shape index (κ3) is 9.58. The molecule has 2 N–H and O–H groups in total. The number of aromatic nitrogens is 7. The lowest BCUT2D eigenvalue weighted by Gasteiger charge is -2.20. The molecule has 298 valence electrons. The summed E-state index contributed by atoms with van der Waals surface area (Å²) in [5, 5.41) is 12.6. The molecule has 24 heteroatoms. The number of nitrogens with one attached hydrogen (secondary N) is 2. The molecule has 55 heavy (non-hydrogen) atoms. The molecule has 0 bridgehead atoms. The maximum atomic E-state index is 12.9. The van der Waals surface area contributed by atoms with Crippen LogP contribution < -0.4 is 19.5 Å². The molecule has 0 spiro atoms. The smallest absolute Gasteiger partial charge is 0.346 e. The van der Waals surface area contributed by atoms with Crippen molar-refractivity contribution < 1.29 is 45.5 Å². The quantitative estimate of drug-likeness (QED) is 0.233. The van der Waals surface area contributed by atoms with Crippen molar-refractivity contribution in [3.63, 3.8) is 0 Å². The Morgan fingerprint density at radius 3 is 2.15 bits per heavy atom. The largest absolute Gasteiger partial charge is 0.481 e. The summed E-state index contributed by atoms with van der Waals surface area (Å²) >= 11 is 6.08. The molecule has 0 fully saturated rings. The molecule has 1 aliphatic heterocycles.